The lowest BCUT2D eigenvalue weighted by Gasteiger charge is -2.36. The maximum absolute atomic E-state index is 13.3. The third-order valence-electron chi connectivity index (χ3n) is 5.72. The van der Waals surface area contributed by atoms with Crippen molar-refractivity contribution < 1.29 is 18.7 Å². The second kappa shape index (κ2) is 8.57. The minimum Gasteiger partial charge on any atom is -0.484 e. The summed E-state index contributed by atoms with van der Waals surface area (Å²) in [5.74, 6) is -0.0230. The Labute approximate surface area is 186 Å². The smallest absolute Gasteiger partial charge is 0.258 e. The summed E-state index contributed by atoms with van der Waals surface area (Å²) in [4.78, 5) is 24.0. The summed E-state index contributed by atoms with van der Waals surface area (Å²) in [5, 5.41) is 7.59. The van der Waals surface area contributed by atoms with Crippen molar-refractivity contribution in [3.05, 3.63) is 77.4 Å². The second-order valence-corrected chi connectivity index (χ2v) is 8.97. The van der Waals surface area contributed by atoms with E-state index in [0.29, 0.717) is 11.3 Å². The minimum absolute atomic E-state index is 0.0220. The molecule has 4 rings (SSSR count). The first kappa shape index (κ1) is 21.7. The van der Waals surface area contributed by atoms with Gasteiger partial charge in [-0.1, -0.05) is 13.8 Å². The van der Waals surface area contributed by atoms with Crippen molar-refractivity contribution in [1.29, 1.82) is 0 Å². The standard InChI is InChI=1S/C25H26FN3O3/c1-16(30)17-4-10-20(11-5-17)32-15-24(31)28-22-12-25(2,3)13-23-21(22)14-27-29(23)19-8-6-18(26)7-9-19/h4-11,14,22H,12-13,15H2,1-3H3,(H,28,31)/t22-/m0/s1. The molecule has 0 saturated carbocycles. The molecule has 7 heteroatoms. The number of aromatic nitrogens is 2. The molecule has 0 bridgehead atoms. The van der Waals surface area contributed by atoms with Crippen LogP contribution in [0.15, 0.2) is 54.7 Å². The molecule has 1 N–H and O–H groups in total. The van der Waals surface area contributed by atoms with Crippen LogP contribution in [0.1, 0.15) is 54.8 Å². The molecule has 1 aromatic heterocycles. The normalized spacial score (nSPS) is 16.8. The second-order valence-electron chi connectivity index (χ2n) is 8.97. The van der Waals surface area contributed by atoms with Crippen molar-refractivity contribution in [1.82, 2.24) is 15.1 Å². The van der Waals surface area contributed by atoms with Crippen LogP contribution in [0, 0.1) is 11.2 Å². The molecular formula is C25H26FN3O3. The molecule has 3 aromatic rings. The van der Waals surface area contributed by atoms with Crippen molar-refractivity contribution in [3.63, 3.8) is 0 Å². The number of hydrogen-bond acceptors (Lipinski definition) is 4. The molecule has 166 valence electrons. The van der Waals surface area contributed by atoms with Gasteiger partial charge in [0.1, 0.15) is 11.6 Å². The molecule has 0 spiro atoms. The lowest BCUT2D eigenvalue weighted by atomic mass is 9.74. The summed E-state index contributed by atoms with van der Waals surface area (Å²) in [7, 11) is 0. The monoisotopic (exact) mass is 435 g/mol. The molecule has 6 nitrogen and oxygen atoms in total. The van der Waals surface area contributed by atoms with Crippen molar-refractivity contribution in [3.8, 4) is 11.4 Å². The molecule has 1 heterocycles. The zero-order valence-corrected chi connectivity index (χ0v) is 18.4. The van der Waals surface area contributed by atoms with E-state index in [-0.39, 0.29) is 35.6 Å². The Hall–Kier alpha value is -3.48. The molecule has 0 radical (unpaired) electrons. The van der Waals surface area contributed by atoms with E-state index < -0.39 is 0 Å². The zero-order valence-electron chi connectivity index (χ0n) is 18.4. The molecule has 0 saturated heterocycles. The fraction of sp³-hybridized carbons (Fsp3) is 0.320. The van der Waals surface area contributed by atoms with Gasteiger partial charge in [0.05, 0.1) is 23.6 Å². The minimum atomic E-state index is -0.295. The summed E-state index contributed by atoms with van der Waals surface area (Å²) < 4.78 is 20.8. The van der Waals surface area contributed by atoms with Gasteiger partial charge in [-0.3, -0.25) is 9.59 Å². The van der Waals surface area contributed by atoms with Crippen LogP contribution in [0.2, 0.25) is 0 Å². The van der Waals surface area contributed by atoms with E-state index in [4.69, 9.17) is 4.74 Å². The van der Waals surface area contributed by atoms with Crippen LogP contribution in [0.4, 0.5) is 4.39 Å². The Bertz CT molecular complexity index is 1130. The summed E-state index contributed by atoms with van der Waals surface area (Å²) >= 11 is 0. The number of carbonyl (C=O) groups excluding carboxylic acids is 2. The van der Waals surface area contributed by atoms with Gasteiger partial charge in [0.25, 0.3) is 5.91 Å². The molecule has 0 unspecified atom stereocenters. The number of amides is 1. The Balaban J connectivity index is 1.47. The lowest BCUT2D eigenvalue weighted by Crippen LogP contribution is -2.38. The Kier molecular flexibility index (Phi) is 5.82. The SMILES string of the molecule is CC(=O)c1ccc(OCC(=O)N[C@H]2CC(C)(C)Cc3c2cnn3-c2ccc(F)cc2)cc1. The highest BCUT2D eigenvalue weighted by Crippen LogP contribution is 2.41. The van der Waals surface area contributed by atoms with Gasteiger partial charge in [-0.05, 0) is 73.7 Å². The maximum atomic E-state index is 13.3. The van der Waals surface area contributed by atoms with E-state index in [1.807, 2.05) is 4.68 Å². The Morgan fingerprint density at radius 1 is 1.16 bits per heavy atom. The first-order valence-electron chi connectivity index (χ1n) is 10.6. The number of Topliss-reactive ketones (excluding diaryl/α,β-unsaturated/α-hetero) is 1. The van der Waals surface area contributed by atoms with E-state index in [1.54, 1.807) is 42.6 Å². The summed E-state index contributed by atoms with van der Waals surface area (Å²) in [6.07, 6.45) is 3.35. The highest BCUT2D eigenvalue weighted by molar-refractivity contribution is 5.94. The van der Waals surface area contributed by atoms with Crippen molar-refractivity contribution >= 4 is 11.7 Å². The highest BCUT2D eigenvalue weighted by atomic mass is 19.1. The number of nitrogens with zero attached hydrogens (tertiary/aromatic N) is 2. The molecule has 0 fully saturated rings. The summed E-state index contributed by atoms with van der Waals surface area (Å²) in [6, 6.07) is 12.7. The maximum Gasteiger partial charge on any atom is 0.258 e. The lowest BCUT2D eigenvalue weighted by molar-refractivity contribution is -0.124. The van der Waals surface area contributed by atoms with Crippen LogP contribution in [-0.4, -0.2) is 28.1 Å². The number of benzene rings is 2. The van der Waals surface area contributed by atoms with Crippen LogP contribution >= 0.6 is 0 Å². The fourth-order valence-electron chi connectivity index (χ4n) is 4.15. The fourth-order valence-corrected chi connectivity index (χ4v) is 4.15. The van der Waals surface area contributed by atoms with Crippen LogP contribution in [-0.2, 0) is 11.2 Å². The van der Waals surface area contributed by atoms with Crippen LogP contribution < -0.4 is 10.1 Å². The molecule has 0 aliphatic heterocycles. The number of hydrogen-bond donors (Lipinski definition) is 1. The third-order valence-corrected chi connectivity index (χ3v) is 5.72. The average Bonchev–Trinajstić information content (AvgIpc) is 3.16. The van der Waals surface area contributed by atoms with Crippen molar-refractivity contribution in [2.24, 2.45) is 5.41 Å². The average molecular weight is 435 g/mol. The van der Waals surface area contributed by atoms with Gasteiger partial charge in [0.15, 0.2) is 12.4 Å². The molecule has 1 atom stereocenters. The number of fused-ring (bicyclic) bond motifs is 1. The van der Waals surface area contributed by atoms with E-state index in [2.05, 4.69) is 24.3 Å². The molecule has 1 amide bonds. The van der Waals surface area contributed by atoms with Crippen molar-refractivity contribution in [2.45, 2.75) is 39.7 Å². The van der Waals surface area contributed by atoms with Crippen LogP contribution in [0.5, 0.6) is 5.75 Å². The molecule has 1 aliphatic rings. The Morgan fingerprint density at radius 2 is 1.84 bits per heavy atom. The molecule has 32 heavy (non-hydrogen) atoms. The van der Waals surface area contributed by atoms with Crippen molar-refractivity contribution in [2.75, 3.05) is 6.61 Å². The van der Waals surface area contributed by atoms with Gasteiger partial charge in [0, 0.05) is 11.1 Å². The Morgan fingerprint density at radius 3 is 2.50 bits per heavy atom. The first-order valence-corrected chi connectivity index (χ1v) is 10.6. The quantitative estimate of drug-likeness (QED) is 0.582. The summed E-state index contributed by atoms with van der Waals surface area (Å²) in [6.45, 7) is 5.69. The number of carbonyl (C=O) groups is 2. The number of rotatable bonds is 6. The predicted molar refractivity (Wildman–Crippen MR) is 118 cm³/mol. The van der Waals surface area contributed by atoms with Gasteiger partial charge < -0.3 is 10.1 Å². The molecular weight excluding hydrogens is 409 g/mol. The third kappa shape index (κ3) is 4.72. The number of ether oxygens (including phenoxy) is 1. The number of halogens is 1. The van der Waals surface area contributed by atoms with Crippen LogP contribution in [0.25, 0.3) is 5.69 Å². The van der Waals surface area contributed by atoms with E-state index in [1.165, 1.54) is 19.1 Å². The van der Waals surface area contributed by atoms with Gasteiger partial charge in [0.2, 0.25) is 0 Å². The molecule has 2 aromatic carbocycles. The highest BCUT2D eigenvalue weighted by Gasteiger charge is 2.36. The predicted octanol–water partition coefficient (Wildman–Crippen LogP) is 4.42. The van der Waals surface area contributed by atoms with Gasteiger partial charge >= 0.3 is 0 Å². The van der Waals surface area contributed by atoms with E-state index >= 15 is 0 Å². The topological polar surface area (TPSA) is 73.2 Å². The molecule has 1 aliphatic carbocycles. The first-order chi connectivity index (χ1) is 15.2. The summed E-state index contributed by atoms with van der Waals surface area (Å²) in [5.41, 5.74) is 3.31. The van der Waals surface area contributed by atoms with Gasteiger partial charge in [-0.25, -0.2) is 9.07 Å². The van der Waals surface area contributed by atoms with Gasteiger partial charge in [-0.15, -0.1) is 0 Å². The van der Waals surface area contributed by atoms with E-state index in [0.717, 1.165) is 29.8 Å². The van der Waals surface area contributed by atoms with Gasteiger partial charge in [-0.2, -0.15) is 5.10 Å². The van der Waals surface area contributed by atoms with E-state index in [9.17, 15) is 14.0 Å². The largest absolute Gasteiger partial charge is 0.484 e. The number of nitrogens with one attached hydrogen (secondary N) is 1. The zero-order chi connectivity index (χ0) is 22.9. The number of ketones is 1. The van der Waals surface area contributed by atoms with Crippen LogP contribution in [0.3, 0.4) is 0 Å².